The maximum atomic E-state index is 10.7. The molecule has 1 N–H and O–H groups in total. The smallest absolute Gasteiger partial charge is 0.231 e. The number of carbonyl (C=O) groups excluding carboxylic acids is 2. The number of carbonyl (C=O) groups is 2. The number of aliphatic hydroxyl groups is 1. The molecule has 1 fully saturated rings. The molecule has 1 saturated heterocycles. The van der Waals surface area contributed by atoms with Gasteiger partial charge < -0.3 is 9.84 Å². The highest BCUT2D eigenvalue weighted by Crippen LogP contribution is 2.05. The summed E-state index contributed by atoms with van der Waals surface area (Å²) in [5, 5.41) is 8.77. The fourth-order valence-corrected chi connectivity index (χ4v) is 0.751. The van der Waals surface area contributed by atoms with Crippen LogP contribution < -0.4 is 0 Å². The molecule has 1 heterocycles. The van der Waals surface area contributed by atoms with Gasteiger partial charge in [0.2, 0.25) is 11.6 Å². The van der Waals surface area contributed by atoms with Gasteiger partial charge in [0.05, 0.1) is 6.61 Å². The Morgan fingerprint density at radius 3 is 2.60 bits per heavy atom. The van der Waals surface area contributed by atoms with E-state index in [-0.39, 0.29) is 6.61 Å². The Kier molecular flexibility index (Phi) is 1.82. The first-order valence-corrected chi connectivity index (χ1v) is 3.00. The van der Waals surface area contributed by atoms with Gasteiger partial charge in [0, 0.05) is 0 Å². The first-order chi connectivity index (χ1) is 4.63. The number of ether oxygens (including phenoxy) is 1. The maximum Gasteiger partial charge on any atom is 0.231 e. The first kappa shape index (κ1) is 7.37. The van der Waals surface area contributed by atoms with Gasteiger partial charge in [-0.05, 0) is 6.92 Å². The van der Waals surface area contributed by atoms with Crippen molar-refractivity contribution in [2.75, 3.05) is 6.61 Å². The molecule has 0 amide bonds. The average Bonchev–Trinajstić information content (AvgIpc) is 1.93. The molecule has 0 aliphatic carbocycles. The van der Waals surface area contributed by atoms with Crippen LogP contribution in [0.25, 0.3) is 0 Å². The molecular weight excluding hydrogens is 136 g/mol. The minimum atomic E-state index is -1.25. The lowest BCUT2D eigenvalue weighted by molar-refractivity contribution is -0.158. The van der Waals surface area contributed by atoms with E-state index in [4.69, 9.17) is 9.84 Å². The van der Waals surface area contributed by atoms with Crippen LogP contribution in [0.4, 0.5) is 0 Å². The van der Waals surface area contributed by atoms with Crippen LogP contribution in [0.1, 0.15) is 6.92 Å². The van der Waals surface area contributed by atoms with Gasteiger partial charge in [0.25, 0.3) is 0 Å². The molecule has 0 aromatic rings. The summed E-state index contributed by atoms with van der Waals surface area (Å²) in [6.07, 6.45) is -1.93. The van der Waals surface area contributed by atoms with Crippen LogP contribution in [0.15, 0.2) is 0 Å². The molecule has 4 nitrogen and oxygen atoms in total. The molecule has 0 radical (unpaired) electrons. The van der Waals surface area contributed by atoms with Crippen LogP contribution in [-0.4, -0.2) is 35.5 Å². The van der Waals surface area contributed by atoms with Crippen LogP contribution in [0.3, 0.4) is 0 Å². The summed E-state index contributed by atoms with van der Waals surface area (Å²) in [4.78, 5) is 21.4. The quantitative estimate of drug-likeness (QED) is 0.438. The van der Waals surface area contributed by atoms with E-state index in [1.807, 2.05) is 0 Å². The van der Waals surface area contributed by atoms with Crippen molar-refractivity contribution in [1.82, 2.24) is 0 Å². The third kappa shape index (κ3) is 1.08. The third-order valence-corrected chi connectivity index (χ3v) is 1.42. The van der Waals surface area contributed by atoms with Gasteiger partial charge in [-0.3, -0.25) is 9.59 Å². The highest BCUT2D eigenvalue weighted by atomic mass is 16.5. The highest BCUT2D eigenvalue weighted by Gasteiger charge is 2.33. The molecule has 2 unspecified atom stereocenters. The van der Waals surface area contributed by atoms with Crippen molar-refractivity contribution < 1.29 is 19.4 Å². The van der Waals surface area contributed by atoms with E-state index in [1.165, 1.54) is 6.92 Å². The Hall–Kier alpha value is -0.740. The zero-order valence-electron chi connectivity index (χ0n) is 5.53. The lowest BCUT2D eigenvalue weighted by Gasteiger charge is -2.20. The van der Waals surface area contributed by atoms with Gasteiger partial charge in [0.1, 0.15) is 12.2 Å². The molecule has 1 aliphatic rings. The van der Waals surface area contributed by atoms with Crippen molar-refractivity contribution in [3.8, 4) is 0 Å². The fourth-order valence-electron chi connectivity index (χ4n) is 0.751. The number of ketones is 2. The Morgan fingerprint density at radius 1 is 1.50 bits per heavy atom. The van der Waals surface area contributed by atoms with Gasteiger partial charge in [0.15, 0.2) is 0 Å². The predicted octanol–water partition coefficient (Wildman–Crippen LogP) is -1.10. The minimum Gasteiger partial charge on any atom is -0.382 e. The molecule has 0 aromatic carbocycles. The Bertz CT molecular complexity index is 155. The van der Waals surface area contributed by atoms with E-state index in [2.05, 4.69) is 0 Å². The van der Waals surface area contributed by atoms with Crippen LogP contribution in [0, 0.1) is 0 Å². The molecular formula is C6H8O4. The number of Topliss-reactive ketones (excluding diaryl/α,β-unsaturated/α-hetero) is 2. The monoisotopic (exact) mass is 144 g/mol. The number of aliphatic hydroxyl groups excluding tert-OH is 1. The summed E-state index contributed by atoms with van der Waals surface area (Å²) in [5.41, 5.74) is 0. The molecule has 4 heteroatoms. The van der Waals surface area contributed by atoms with Crippen molar-refractivity contribution in [3.63, 3.8) is 0 Å². The molecule has 1 aliphatic heterocycles. The van der Waals surface area contributed by atoms with Gasteiger partial charge in [-0.1, -0.05) is 0 Å². The molecule has 0 saturated carbocycles. The van der Waals surface area contributed by atoms with Crippen molar-refractivity contribution in [2.45, 2.75) is 19.1 Å². The normalized spacial score (nSPS) is 34.6. The molecule has 0 spiro atoms. The molecule has 10 heavy (non-hydrogen) atoms. The average molecular weight is 144 g/mol. The minimum absolute atomic E-state index is 0.0638. The summed E-state index contributed by atoms with van der Waals surface area (Å²) in [6, 6.07) is 0. The SMILES string of the molecule is CC1OCC(O)C(=O)C1=O. The van der Waals surface area contributed by atoms with E-state index in [9.17, 15) is 9.59 Å². The van der Waals surface area contributed by atoms with Crippen molar-refractivity contribution in [3.05, 3.63) is 0 Å². The number of hydrogen-bond donors (Lipinski definition) is 1. The predicted molar refractivity (Wildman–Crippen MR) is 31.4 cm³/mol. The fraction of sp³-hybridized carbons (Fsp3) is 0.667. The molecule has 0 aromatic heterocycles. The molecule has 0 bridgehead atoms. The van der Waals surface area contributed by atoms with Gasteiger partial charge >= 0.3 is 0 Å². The van der Waals surface area contributed by atoms with Gasteiger partial charge in [-0.2, -0.15) is 0 Å². The largest absolute Gasteiger partial charge is 0.382 e. The van der Waals surface area contributed by atoms with E-state index in [0.29, 0.717) is 0 Å². The van der Waals surface area contributed by atoms with E-state index in [0.717, 1.165) is 0 Å². The second-order valence-electron chi connectivity index (χ2n) is 2.22. The Balaban J connectivity index is 2.70. The van der Waals surface area contributed by atoms with Crippen LogP contribution in [0.2, 0.25) is 0 Å². The topological polar surface area (TPSA) is 63.6 Å². The summed E-state index contributed by atoms with van der Waals surface area (Å²) < 4.78 is 4.75. The first-order valence-electron chi connectivity index (χ1n) is 3.00. The molecule has 1 rings (SSSR count). The number of rotatable bonds is 0. The van der Waals surface area contributed by atoms with E-state index < -0.39 is 23.8 Å². The summed E-state index contributed by atoms with van der Waals surface area (Å²) in [7, 11) is 0. The van der Waals surface area contributed by atoms with Crippen molar-refractivity contribution in [2.24, 2.45) is 0 Å². The summed E-state index contributed by atoms with van der Waals surface area (Å²) in [6.45, 7) is 1.43. The second-order valence-corrected chi connectivity index (χ2v) is 2.22. The molecule has 56 valence electrons. The van der Waals surface area contributed by atoms with E-state index in [1.54, 1.807) is 0 Å². The van der Waals surface area contributed by atoms with E-state index >= 15 is 0 Å². The Morgan fingerprint density at radius 2 is 2.10 bits per heavy atom. The standard InChI is InChI=1S/C6H8O4/c1-3-5(8)6(9)4(7)2-10-3/h3-4,7H,2H2,1H3. The Labute approximate surface area is 57.8 Å². The summed E-state index contributed by atoms with van der Waals surface area (Å²) >= 11 is 0. The lowest BCUT2D eigenvalue weighted by Crippen LogP contribution is -2.45. The zero-order chi connectivity index (χ0) is 7.72. The van der Waals surface area contributed by atoms with Gasteiger partial charge in [-0.15, -0.1) is 0 Å². The number of hydrogen-bond acceptors (Lipinski definition) is 4. The zero-order valence-corrected chi connectivity index (χ0v) is 5.53. The van der Waals surface area contributed by atoms with Crippen molar-refractivity contribution in [1.29, 1.82) is 0 Å². The third-order valence-electron chi connectivity index (χ3n) is 1.42. The highest BCUT2D eigenvalue weighted by molar-refractivity contribution is 6.40. The van der Waals surface area contributed by atoms with Crippen molar-refractivity contribution >= 4 is 11.6 Å². The van der Waals surface area contributed by atoms with Gasteiger partial charge in [-0.25, -0.2) is 0 Å². The molecule has 2 atom stereocenters. The maximum absolute atomic E-state index is 10.7. The van der Waals surface area contributed by atoms with Crippen LogP contribution >= 0.6 is 0 Å². The van der Waals surface area contributed by atoms with Crippen LogP contribution in [-0.2, 0) is 14.3 Å². The second kappa shape index (κ2) is 2.48. The summed E-state index contributed by atoms with van der Waals surface area (Å²) in [5.74, 6) is -1.38. The lowest BCUT2D eigenvalue weighted by atomic mass is 10.1. The van der Waals surface area contributed by atoms with Crippen LogP contribution in [0.5, 0.6) is 0 Å².